The van der Waals surface area contributed by atoms with Crippen molar-refractivity contribution in [3.63, 3.8) is 0 Å². The molecule has 3 aromatic heterocycles. The maximum Gasteiger partial charge on any atom is 0.160 e. The van der Waals surface area contributed by atoms with Crippen LogP contribution in [0.1, 0.15) is 0 Å². The summed E-state index contributed by atoms with van der Waals surface area (Å²) in [6, 6.07) is 57.8. The molecule has 0 saturated carbocycles. The third kappa shape index (κ3) is 5.69. The predicted octanol–water partition coefficient (Wildman–Crippen LogP) is 12.2. The van der Waals surface area contributed by atoms with E-state index in [4.69, 9.17) is 9.97 Å². The lowest BCUT2D eigenvalue weighted by atomic mass is 9.94. The van der Waals surface area contributed by atoms with Crippen molar-refractivity contribution in [2.45, 2.75) is 0 Å². The molecule has 0 fully saturated rings. The van der Waals surface area contributed by atoms with Crippen molar-refractivity contribution < 1.29 is 0 Å². The molecule has 0 bridgehead atoms. The quantitative estimate of drug-likeness (QED) is 0.181. The van der Waals surface area contributed by atoms with Crippen molar-refractivity contribution in [3.05, 3.63) is 176 Å². The monoisotopic (exact) mass is 643 g/mol. The minimum atomic E-state index is 0.687. The third-order valence-electron chi connectivity index (χ3n) is 8.98. The van der Waals surface area contributed by atoms with Gasteiger partial charge in [0.15, 0.2) is 5.82 Å². The van der Waals surface area contributed by atoms with Crippen LogP contribution in [0.15, 0.2) is 176 Å². The van der Waals surface area contributed by atoms with Crippen molar-refractivity contribution >= 4 is 31.5 Å². The standard InChI is InChI=1S/C45H29N3S/c1-3-10-30(11-4-1)36-24-37(34-21-22-40-39-15-7-8-16-43(39)49-44(40)27-34)26-38(25-36)42-28-41(32-12-5-2-6-13-32)47-45(48-42)33-19-17-31(18-20-33)35-14-9-23-46-29-35/h1-29H. The van der Waals surface area contributed by atoms with Crippen molar-refractivity contribution in [3.8, 4) is 67.3 Å². The lowest BCUT2D eigenvalue weighted by molar-refractivity contribution is 1.18. The number of hydrogen-bond donors (Lipinski definition) is 0. The summed E-state index contributed by atoms with van der Waals surface area (Å²) in [6.45, 7) is 0. The largest absolute Gasteiger partial charge is 0.264 e. The van der Waals surface area contributed by atoms with Gasteiger partial charge in [-0.2, -0.15) is 0 Å². The Balaban J connectivity index is 1.21. The Kier molecular flexibility index (Phi) is 7.34. The minimum absolute atomic E-state index is 0.687. The average Bonchev–Trinajstić information content (AvgIpc) is 3.57. The Hall–Kier alpha value is -6.23. The highest BCUT2D eigenvalue weighted by molar-refractivity contribution is 7.25. The molecule has 0 saturated heterocycles. The van der Waals surface area contributed by atoms with Gasteiger partial charge in [0.25, 0.3) is 0 Å². The molecule has 0 unspecified atom stereocenters. The first-order chi connectivity index (χ1) is 24.2. The van der Waals surface area contributed by atoms with Crippen molar-refractivity contribution in [2.24, 2.45) is 0 Å². The second kappa shape index (κ2) is 12.4. The molecule has 0 atom stereocenters. The van der Waals surface area contributed by atoms with Crippen LogP contribution in [0.2, 0.25) is 0 Å². The van der Waals surface area contributed by atoms with Gasteiger partial charge in [0.05, 0.1) is 11.4 Å². The van der Waals surface area contributed by atoms with E-state index < -0.39 is 0 Å². The summed E-state index contributed by atoms with van der Waals surface area (Å²) >= 11 is 1.85. The van der Waals surface area contributed by atoms with E-state index in [2.05, 4.69) is 157 Å². The summed E-state index contributed by atoms with van der Waals surface area (Å²) in [6.07, 6.45) is 3.68. The molecular weight excluding hydrogens is 615 g/mol. The number of thiophene rings is 1. The van der Waals surface area contributed by atoms with Gasteiger partial charge in [-0.15, -0.1) is 11.3 Å². The number of pyridine rings is 1. The zero-order chi connectivity index (χ0) is 32.6. The summed E-state index contributed by atoms with van der Waals surface area (Å²) in [5, 5.41) is 2.61. The Morgan fingerprint density at radius 3 is 1.67 bits per heavy atom. The lowest BCUT2D eigenvalue weighted by Gasteiger charge is -2.13. The fourth-order valence-corrected chi connectivity index (χ4v) is 7.62. The van der Waals surface area contributed by atoms with E-state index >= 15 is 0 Å². The molecule has 9 aromatic rings. The zero-order valence-electron chi connectivity index (χ0n) is 26.5. The number of hydrogen-bond acceptors (Lipinski definition) is 4. The smallest absolute Gasteiger partial charge is 0.160 e. The summed E-state index contributed by atoms with van der Waals surface area (Å²) in [5.41, 5.74) is 11.6. The molecule has 3 nitrogen and oxygen atoms in total. The van der Waals surface area contributed by atoms with Crippen LogP contribution in [0, 0.1) is 0 Å². The third-order valence-corrected chi connectivity index (χ3v) is 10.1. The molecule has 0 N–H and O–H groups in total. The fourth-order valence-electron chi connectivity index (χ4n) is 6.47. The second-order valence-corrected chi connectivity index (χ2v) is 13.2. The van der Waals surface area contributed by atoms with Crippen molar-refractivity contribution in [1.29, 1.82) is 0 Å². The Labute approximate surface area is 288 Å². The van der Waals surface area contributed by atoms with Crippen LogP contribution in [0.5, 0.6) is 0 Å². The van der Waals surface area contributed by atoms with Gasteiger partial charge >= 0.3 is 0 Å². The van der Waals surface area contributed by atoms with Gasteiger partial charge in [-0.25, -0.2) is 9.97 Å². The molecule has 0 aliphatic heterocycles. The van der Waals surface area contributed by atoms with E-state index in [1.807, 2.05) is 29.7 Å². The second-order valence-electron chi connectivity index (χ2n) is 12.1. The van der Waals surface area contributed by atoms with E-state index in [0.29, 0.717) is 5.82 Å². The van der Waals surface area contributed by atoms with Crippen molar-refractivity contribution in [2.75, 3.05) is 0 Å². The Morgan fingerprint density at radius 2 is 0.918 bits per heavy atom. The van der Waals surface area contributed by atoms with Crippen LogP contribution in [0.3, 0.4) is 0 Å². The Bertz CT molecular complexity index is 2580. The highest BCUT2D eigenvalue weighted by Gasteiger charge is 2.15. The molecule has 4 heteroatoms. The lowest BCUT2D eigenvalue weighted by Crippen LogP contribution is -1.96. The van der Waals surface area contributed by atoms with Gasteiger partial charge in [0.1, 0.15) is 0 Å². The van der Waals surface area contributed by atoms with Crippen molar-refractivity contribution in [1.82, 2.24) is 15.0 Å². The highest BCUT2D eigenvalue weighted by atomic mass is 32.1. The van der Waals surface area contributed by atoms with Crippen LogP contribution in [0.4, 0.5) is 0 Å². The molecule has 230 valence electrons. The SMILES string of the molecule is c1ccc(-c2cc(-c3ccc4c(c3)sc3ccccc34)cc(-c3cc(-c4ccccc4)nc(-c4ccc(-c5cccnc5)cc4)n3)c2)cc1. The molecule has 9 rings (SSSR count). The summed E-state index contributed by atoms with van der Waals surface area (Å²) in [5.74, 6) is 0.687. The topological polar surface area (TPSA) is 38.7 Å². The van der Waals surface area contributed by atoms with E-state index in [1.165, 1.54) is 25.7 Å². The summed E-state index contributed by atoms with van der Waals surface area (Å²) in [7, 11) is 0. The number of fused-ring (bicyclic) bond motifs is 3. The van der Waals surface area contributed by atoms with Gasteiger partial charge in [-0.1, -0.05) is 121 Å². The normalized spacial score (nSPS) is 11.3. The van der Waals surface area contributed by atoms with Crippen LogP contribution in [0.25, 0.3) is 87.5 Å². The first kappa shape index (κ1) is 29.0. The number of aromatic nitrogens is 3. The van der Waals surface area contributed by atoms with E-state index in [1.54, 1.807) is 6.20 Å². The van der Waals surface area contributed by atoms with Crippen LogP contribution in [-0.4, -0.2) is 15.0 Å². The Morgan fingerprint density at radius 1 is 0.347 bits per heavy atom. The molecule has 0 amide bonds. The first-order valence-electron chi connectivity index (χ1n) is 16.3. The molecule has 0 aliphatic rings. The van der Waals surface area contributed by atoms with Gasteiger partial charge < -0.3 is 0 Å². The van der Waals surface area contributed by atoms with Gasteiger partial charge in [0.2, 0.25) is 0 Å². The molecule has 6 aromatic carbocycles. The maximum absolute atomic E-state index is 5.23. The molecule has 3 heterocycles. The zero-order valence-corrected chi connectivity index (χ0v) is 27.3. The van der Waals surface area contributed by atoms with E-state index in [0.717, 1.165) is 55.9 Å². The highest BCUT2D eigenvalue weighted by Crippen LogP contribution is 2.39. The molecule has 0 radical (unpaired) electrons. The molecule has 0 spiro atoms. The van der Waals surface area contributed by atoms with Crippen LogP contribution < -0.4 is 0 Å². The average molecular weight is 644 g/mol. The van der Waals surface area contributed by atoms with Crippen LogP contribution in [-0.2, 0) is 0 Å². The molecule has 0 aliphatic carbocycles. The van der Waals surface area contributed by atoms with Crippen LogP contribution >= 0.6 is 11.3 Å². The summed E-state index contributed by atoms with van der Waals surface area (Å²) < 4.78 is 2.60. The number of nitrogens with zero attached hydrogens (tertiary/aromatic N) is 3. The molecule has 49 heavy (non-hydrogen) atoms. The fraction of sp³-hybridized carbons (Fsp3) is 0. The number of benzene rings is 6. The van der Waals surface area contributed by atoms with E-state index in [-0.39, 0.29) is 0 Å². The van der Waals surface area contributed by atoms with E-state index in [9.17, 15) is 0 Å². The number of rotatable bonds is 6. The first-order valence-corrected chi connectivity index (χ1v) is 17.1. The minimum Gasteiger partial charge on any atom is -0.264 e. The van der Waals surface area contributed by atoms with Gasteiger partial charge in [0, 0.05) is 49.3 Å². The molecular formula is C45H29N3S. The maximum atomic E-state index is 5.23. The van der Waals surface area contributed by atoms with Gasteiger partial charge in [-0.05, 0) is 75.8 Å². The van der Waals surface area contributed by atoms with Gasteiger partial charge in [-0.3, -0.25) is 4.98 Å². The predicted molar refractivity (Wildman–Crippen MR) is 205 cm³/mol. The summed E-state index contributed by atoms with van der Waals surface area (Å²) in [4.78, 5) is 14.6.